The molecule has 2 heterocycles. The van der Waals surface area contributed by atoms with Crippen molar-refractivity contribution in [3.05, 3.63) is 78.4 Å². The molecule has 1 fully saturated rings. The van der Waals surface area contributed by atoms with Crippen LogP contribution in [0.5, 0.6) is 11.5 Å². The standard InChI is InChI=1S/C29H32N4O5/c1-4-38-29(34)27-30-33(24-8-6-5-7-9-24)28(21-10-15-25(35-2)26(20-21)36-3)32(27)23-13-11-22(12-14-23)31-16-18-37-19-17-31/h5-15,20,28H,4,16-19H2,1-3H3/t28-/m1/s1. The van der Waals surface area contributed by atoms with Crippen LogP contribution in [0.1, 0.15) is 18.7 Å². The second-order valence-corrected chi connectivity index (χ2v) is 8.80. The van der Waals surface area contributed by atoms with Crippen molar-refractivity contribution in [1.29, 1.82) is 0 Å². The van der Waals surface area contributed by atoms with Gasteiger partial charge in [-0.3, -0.25) is 4.90 Å². The number of nitrogens with zero attached hydrogens (tertiary/aromatic N) is 4. The number of ether oxygens (including phenoxy) is 4. The van der Waals surface area contributed by atoms with Crippen LogP contribution in [0.15, 0.2) is 77.9 Å². The summed E-state index contributed by atoms with van der Waals surface area (Å²) >= 11 is 0. The third-order valence-corrected chi connectivity index (χ3v) is 6.60. The number of anilines is 3. The van der Waals surface area contributed by atoms with Gasteiger partial charge in [0.1, 0.15) is 0 Å². The van der Waals surface area contributed by atoms with Crippen molar-refractivity contribution >= 4 is 28.9 Å². The third-order valence-electron chi connectivity index (χ3n) is 6.60. The first-order valence-electron chi connectivity index (χ1n) is 12.7. The second-order valence-electron chi connectivity index (χ2n) is 8.80. The summed E-state index contributed by atoms with van der Waals surface area (Å²) in [4.78, 5) is 17.4. The normalized spacial score (nSPS) is 17.3. The molecule has 9 heteroatoms. The van der Waals surface area contributed by atoms with Gasteiger partial charge in [0.05, 0.1) is 39.7 Å². The van der Waals surface area contributed by atoms with Crippen molar-refractivity contribution in [2.24, 2.45) is 5.10 Å². The molecule has 2 aliphatic heterocycles. The number of methoxy groups -OCH3 is 2. The Hall–Kier alpha value is -4.24. The molecule has 0 unspecified atom stereocenters. The lowest BCUT2D eigenvalue weighted by atomic mass is 10.1. The Bertz CT molecular complexity index is 1280. The summed E-state index contributed by atoms with van der Waals surface area (Å²) < 4.78 is 22.0. The highest BCUT2D eigenvalue weighted by molar-refractivity contribution is 6.42. The van der Waals surface area contributed by atoms with Gasteiger partial charge in [0.25, 0.3) is 0 Å². The summed E-state index contributed by atoms with van der Waals surface area (Å²) in [6.45, 7) is 5.13. The van der Waals surface area contributed by atoms with E-state index in [-0.39, 0.29) is 12.4 Å². The van der Waals surface area contributed by atoms with Crippen LogP contribution in [0.2, 0.25) is 0 Å². The maximum absolute atomic E-state index is 13.2. The maximum Gasteiger partial charge on any atom is 0.376 e. The highest BCUT2D eigenvalue weighted by Crippen LogP contribution is 2.41. The molecule has 0 radical (unpaired) electrons. The topological polar surface area (TPSA) is 76.1 Å². The van der Waals surface area contributed by atoms with Crippen LogP contribution in [0.3, 0.4) is 0 Å². The molecule has 1 saturated heterocycles. The summed E-state index contributed by atoms with van der Waals surface area (Å²) in [6, 6.07) is 23.7. The zero-order valence-corrected chi connectivity index (χ0v) is 21.9. The first-order valence-corrected chi connectivity index (χ1v) is 12.7. The Balaban J connectivity index is 1.61. The Labute approximate surface area is 222 Å². The van der Waals surface area contributed by atoms with Crippen LogP contribution in [-0.2, 0) is 14.3 Å². The average molecular weight is 517 g/mol. The number of hydrogen-bond acceptors (Lipinski definition) is 9. The first kappa shape index (κ1) is 25.4. The van der Waals surface area contributed by atoms with Crippen molar-refractivity contribution in [2.45, 2.75) is 13.1 Å². The SMILES string of the molecule is CCOC(=O)C1=NN(c2ccccc2)[C@H](c2ccc(OC)c(OC)c2)N1c1ccc(N2CCOCC2)cc1. The lowest BCUT2D eigenvalue weighted by Crippen LogP contribution is -2.39. The largest absolute Gasteiger partial charge is 0.493 e. The van der Waals surface area contributed by atoms with E-state index in [0.717, 1.165) is 35.7 Å². The van der Waals surface area contributed by atoms with Gasteiger partial charge in [-0.25, -0.2) is 9.80 Å². The van der Waals surface area contributed by atoms with Gasteiger partial charge < -0.3 is 23.8 Å². The molecule has 0 saturated carbocycles. The fraction of sp³-hybridized carbons (Fsp3) is 0.310. The summed E-state index contributed by atoms with van der Waals surface area (Å²) in [5.41, 5.74) is 3.62. The van der Waals surface area contributed by atoms with E-state index in [1.807, 2.05) is 70.6 Å². The molecule has 198 valence electrons. The van der Waals surface area contributed by atoms with E-state index in [9.17, 15) is 4.79 Å². The molecule has 2 aliphatic rings. The summed E-state index contributed by atoms with van der Waals surface area (Å²) in [6.07, 6.45) is -0.481. The second kappa shape index (κ2) is 11.4. The molecule has 0 N–H and O–H groups in total. The van der Waals surface area contributed by atoms with Gasteiger partial charge in [0.2, 0.25) is 5.84 Å². The van der Waals surface area contributed by atoms with Crippen molar-refractivity contribution < 1.29 is 23.7 Å². The summed E-state index contributed by atoms with van der Waals surface area (Å²) in [7, 11) is 3.21. The zero-order chi connectivity index (χ0) is 26.5. The average Bonchev–Trinajstić information content (AvgIpc) is 3.39. The number of esters is 1. The molecule has 9 nitrogen and oxygen atoms in total. The van der Waals surface area contributed by atoms with E-state index in [2.05, 4.69) is 17.0 Å². The minimum atomic E-state index is -0.492. The van der Waals surface area contributed by atoms with Gasteiger partial charge in [-0.15, -0.1) is 5.10 Å². The fourth-order valence-corrected chi connectivity index (χ4v) is 4.76. The Kier molecular flexibility index (Phi) is 7.65. The highest BCUT2D eigenvalue weighted by atomic mass is 16.5. The number of para-hydroxylation sites is 1. The van der Waals surface area contributed by atoms with E-state index in [0.29, 0.717) is 24.7 Å². The Morgan fingerprint density at radius 2 is 1.58 bits per heavy atom. The van der Waals surface area contributed by atoms with Gasteiger partial charge >= 0.3 is 5.97 Å². The molecule has 38 heavy (non-hydrogen) atoms. The van der Waals surface area contributed by atoms with E-state index in [1.54, 1.807) is 21.1 Å². The van der Waals surface area contributed by atoms with Crippen molar-refractivity contribution in [3.63, 3.8) is 0 Å². The number of carbonyl (C=O) groups excluding carboxylic acids is 1. The predicted octanol–water partition coefficient (Wildman–Crippen LogP) is 4.44. The minimum Gasteiger partial charge on any atom is -0.493 e. The lowest BCUT2D eigenvalue weighted by molar-refractivity contribution is -0.135. The number of hydrogen-bond donors (Lipinski definition) is 0. The smallest absolute Gasteiger partial charge is 0.376 e. The molecule has 0 aromatic heterocycles. The van der Waals surface area contributed by atoms with Crippen LogP contribution in [-0.4, -0.2) is 58.9 Å². The van der Waals surface area contributed by atoms with E-state index in [4.69, 9.17) is 24.0 Å². The van der Waals surface area contributed by atoms with Crippen molar-refractivity contribution in [2.75, 3.05) is 61.9 Å². The molecule has 0 aliphatic carbocycles. The quantitative estimate of drug-likeness (QED) is 0.407. The zero-order valence-electron chi connectivity index (χ0n) is 21.9. The van der Waals surface area contributed by atoms with E-state index in [1.165, 1.54) is 0 Å². The molecule has 5 rings (SSSR count). The minimum absolute atomic E-state index is 0.203. The molecule has 3 aromatic carbocycles. The highest BCUT2D eigenvalue weighted by Gasteiger charge is 2.41. The lowest BCUT2D eigenvalue weighted by Gasteiger charge is -2.33. The van der Waals surface area contributed by atoms with E-state index < -0.39 is 12.1 Å². The molecule has 1 atom stereocenters. The first-order chi connectivity index (χ1) is 18.6. The molecule has 0 amide bonds. The number of hydrazone groups is 1. The van der Waals surface area contributed by atoms with Crippen LogP contribution < -0.4 is 24.3 Å². The summed E-state index contributed by atoms with van der Waals surface area (Å²) in [5, 5.41) is 6.64. The van der Waals surface area contributed by atoms with Crippen LogP contribution in [0.4, 0.5) is 17.1 Å². The Morgan fingerprint density at radius 3 is 2.24 bits per heavy atom. The van der Waals surface area contributed by atoms with E-state index >= 15 is 0 Å². The van der Waals surface area contributed by atoms with Gasteiger partial charge in [-0.05, 0) is 55.5 Å². The van der Waals surface area contributed by atoms with Gasteiger partial charge in [0, 0.05) is 30.0 Å². The Morgan fingerprint density at radius 1 is 0.895 bits per heavy atom. The van der Waals surface area contributed by atoms with Crippen molar-refractivity contribution in [1.82, 2.24) is 0 Å². The molecule has 0 spiro atoms. The van der Waals surface area contributed by atoms with Crippen LogP contribution in [0, 0.1) is 0 Å². The van der Waals surface area contributed by atoms with Gasteiger partial charge in [0.15, 0.2) is 17.7 Å². The van der Waals surface area contributed by atoms with Crippen LogP contribution >= 0.6 is 0 Å². The van der Waals surface area contributed by atoms with Crippen molar-refractivity contribution in [3.8, 4) is 11.5 Å². The molecular weight excluding hydrogens is 484 g/mol. The number of amidine groups is 1. The molecule has 3 aromatic rings. The maximum atomic E-state index is 13.2. The molecular formula is C29H32N4O5. The fourth-order valence-electron chi connectivity index (χ4n) is 4.76. The predicted molar refractivity (Wildman–Crippen MR) is 147 cm³/mol. The monoisotopic (exact) mass is 516 g/mol. The number of rotatable bonds is 8. The van der Waals surface area contributed by atoms with Gasteiger partial charge in [-0.1, -0.05) is 24.3 Å². The number of carbonyl (C=O) groups is 1. The summed E-state index contributed by atoms with van der Waals surface area (Å²) in [5.74, 6) is 0.918. The third kappa shape index (κ3) is 4.97. The van der Waals surface area contributed by atoms with Gasteiger partial charge in [-0.2, -0.15) is 0 Å². The molecule has 0 bridgehead atoms. The number of morpholine rings is 1. The van der Waals surface area contributed by atoms with Crippen LogP contribution in [0.25, 0.3) is 0 Å². The number of benzene rings is 3.